The first kappa shape index (κ1) is 16.2. The Morgan fingerprint density at radius 2 is 1.94 bits per heavy atom. The first-order valence-electron chi connectivity index (χ1n) is 6.49. The van der Waals surface area contributed by atoms with Crippen LogP contribution in [-0.4, -0.2) is 35.7 Å². The maximum absolute atomic E-state index is 11.9. The van der Waals surface area contributed by atoms with Crippen LogP contribution in [0, 0.1) is 0 Å². The van der Waals surface area contributed by atoms with Crippen LogP contribution in [0.2, 0.25) is 0 Å². The Morgan fingerprint density at radius 3 is 2.35 bits per heavy atom. The molecule has 1 amide bonds. The molecule has 0 heterocycles. The average Bonchev–Trinajstić information content (AvgIpc) is 2.13. The molecule has 0 bridgehead atoms. The van der Waals surface area contributed by atoms with E-state index in [0.29, 0.717) is 6.54 Å². The molecule has 0 aliphatic rings. The maximum atomic E-state index is 11.9. The second-order valence-corrected chi connectivity index (χ2v) is 5.61. The van der Waals surface area contributed by atoms with E-state index in [1.165, 1.54) is 0 Å². The van der Waals surface area contributed by atoms with Gasteiger partial charge in [-0.2, -0.15) is 0 Å². The van der Waals surface area contributed by atoms with Gasteiger partial charge in [0, 0.05) is 19.1 Å². The number of carbonyl (C=O) groups is 1. The zero-order valence-electron chi connectivity index (χ0n) is 12.0. The monoisotopic (exact) mass is 244 g/mol. The summed E-state index contributed by atoms with van der Waals surface area (Å²) < 4.78 is 5.36. The second-order valence-electron chi connectivity index (χ2n) is 5.61. The summed E-state index contributed by atoms with van der Waals surface area (Å²) in [4.78, 5) is 13.7. The number of amides is 1. The lowest BCUT2D eigenvalue weighted by atomic mass is 10.2. The van der Waals surface area contributed by atoms with Crippen LogP contribution in [0.4, 0.5) is 4.79 Å². The molecule has 0 saturated heterocycles. The molecule has 0 aromatic heterocycles. The average molecular weight is 244 g/mol. The molecule has 2 N–H and O–H groups in total. The lowest BCUT2D eigenvalue weighted by Crippen LogP contribution is -2.43. The molecule has 0 spiro atoms. The van der Waals surface area contributed by atoms with Crippen molar-refractivity contribution in [1.29, 1.82) is 0 Å². The van der Waals surface area contributed by atoms with E-state index < -0.39 is 5.60 Å². The van der Waals surface area contributed by atoms with Gasteiger partial charge in [-0.1, -0.05) is 19.8 Å². The zero-order chi connectivity index (χ0) is 13.5. The van der Waals surface area contributed by atoms with Crippen LogP contribution in [0.15, 0.2) is 0 Å². The van der Waals surface area contributed by atoms with Crippen molar-refractivity contribution in [3.8, 4) is 0 Å². The van der Waals surface area contributed by atoms with Crippen LogP contribution in [-0.2, 0) is 4.74 Å². The number of nitrogens with two attached hydrogens (primary N) is 1. The minimum Gasteiger partial charge on any atom is -0.444 e. The van der Waals surface area contributed by atoms with Crippen LogP contribution >= 0.6 is 0 Å². The number of nitrogens with zero attached hydrogens (tertiary/aromatic N) is 1. The van der Waals surface area contributed by atoms with Gasteiger partial charge in [0.05, 0.1) is 0 Å². The Kier molecular flexibility index (Phi) is 7.19. The highest BCUT2D eigenvalue weighted by Crippen LogP contribution is 2.11. The summed E-state index contributed by atoms with van der Waals surface area (Å²) in [5.74, 6) is 0. The van der Waals surface area contributed by atoms with Crippen LogP contribution in [0.3, 0.4) is 0 Å². The van der Waals surface area contributed by atoms with Gasteiger partial charge in [0.2, 0.25) is 0 Å². The largest absolute Gasteiger partial charge is 0.444 e. The van der Waals surface area contributed by atoms with Gasteiger partial charge in [0.1, 0.15) is 5.60 Å². The summed E-state index contributed by atoms with van der Waals surface area (Å²) in [5, 5.41) is 0. The number of rotatable bonds is 6. The SMILES string of the molecule is CCCCCN(C[C@@H](C)N)C(=O)OC(C)(C)C. The molecule has 1 atom stereocenters. The highest BCUT2D eigenvalue weighted by atomic mass is 16.6. The van der Waals surface area contributed by atoms with E-state index in [1.807, 2.05) is 27.7 Å². The van der Waals surface area contributed by atoms with Crippen molar-refractivity contribution in [3.05, 3.63) is 0 Å². The van der Waals surface area contributed by atoms with E-state index >= 15 is 0 Å². The van der Waals surface area contributed by atoms with E-state index in [9.17, 15) is 4.79 Å². The van der Waals surface area contributed by atoms with Gasteiger partial charge in [0.15, 0.2) is 0 Å². The third kappa shape index (κ3) is 8.98. The molecule has 0 aromatic rings. The summed E-state index contributed by atoms with van der Waals surface area (Å²) in [7, 11) is 0. The summed E-state index contributed by atoms with van der Waals surface area (Å²) in [6.07, 6.45) is 3.01. The Hall–Kier alpha value is -0.770. The molecular weight excluding hydrogens is 216 g/mol. The molecule has 0 saturated carbocycles. The van der Waals surface area contributed by atoms with Gasteiger partial charge in [-0.15, -0.1) is 0 Å². The van der Waals surface area contributed by atoms with Gasteiger partial charge in [-0.05, 0) is 34.1 Å². The fourth-order valence-corrected chi connectivity index (χ4v) is 1.48. The molecule has 0 aliphatic carbocycles. The van der Waals surface area contributed by atoms with Crippen molar-refractivity contribution in [2.75, 3.05) is 13.1 Å². The third-order valence-electron chi connectivity index (χ3n) is 2.19. The van der Waals surface area contributed by atoms with E-state index in [0.717, 1.165) is 25.8 Å². The lowest BCUT2D eigenvalue weighted by molar-refractivity contribution is 0.0238. The van der Waals surface area contributed by atoms with Crippen molar-refractivity contribution < 1.29 is 9.53 Å². The summed E-state index contributed by atoms with van der Waals surface area (Å²) in [5.41, 5.74) is 5.30. The first-order valence-corrected chi connectivity index (χ1v) is 6.49. The highest BCUT2D eigenvalue weighted by molar-refractivity contribution is 5.68. The van der Waals surface area contributed by atoms with Crippen LogP contribution in [0.25, 0.3) is 0 Å². The molecule has 0 rings (SSSR count). The third-order valence-corrected chi connectivity index (χ3v) is 2.19. The number of hydrogen-bond donors (Lipinski definition) is 1. The number of hydrogen-bond acceptors (Lipinski definition) is 3. The minimum absolute atomic E-state index is 0.0239. The van der Waals surface area contributed by atoms with Gasteiger partial charge < -0.3 is 15.4 Å². The summed E-state index contributed by atoms with van der Waals surface area (Å²) in [6.45, 7) is 11.0. The number of ether oxygens (including phenoxy) is 1. The van der Waals surface area contributed by atoms with Gasteiger partial charge in [-0.25, -0.2) is 4.79 Å². The van der Waals surface area contributed by atoms with Crippen molar-refractivity contribution in [1.82, 2.24) is 4.90 Å². The van der Waals surface area contributed by atoms with Crippen LogP contribution < -0.4 is 5.73 Å². The van der Waals surface area contributed by atoms with E-state index in [2.05, 4.69) is 6.92 Å². The van der Waals surface area contributed by atoms with E-state index in [1.54, 1.807) is 4.90 Å². The number of unbranched alkanes of at least 4 members (excludes halogenated alkanes) is 2. The highest BCUT2D eigenvalue weighted by Gasteiger charge is 2.22. The molecule has 0 aromatic carbocycles. The first-order chi connectivity index (χ1) is 7.76. The molecule has 0 aliphatic heterocycles. The fourth-order valence-electron chi connectivity index (χ4n) is 1.48. The predicted octanol–water partition coefficient (Wildman–Crippen LogP) is 2.76. The Morgan fingerprint density at radius 1 is 1.35 bits per heavy atom. The molecule has 4 nitrogen and oxygen atoms in total. The Bertz CT molecular complexity index is 222. The van der Waals surface area contributed by atoms with E-state index in [4.69, 9.17) is 10.5 Å². The topological polar surface area (TPSA) is 55.6 Å². The molecule has 17 heavy (non-hydrogen) atoms. The molecule has 0 fully saturated rings. The van der Waals surface area contributed by atoms with Crippen molar-refractivity contribution in [3.63, 3.8) is 0 Å². The van der Waals surface area contributed by atoms with Crippen molar-refractivity contribution in [2.45, 2.75) is 65.5 Å². The molecule has 0 unspecified atom stereocenters. The van der Waals surface area contributed by atoms with Gasteiger partial charge in [0.25, 0.3) is 0 Å². The van der Waals surface area contributed by atoms with E-state index in [-0.39, 0.29) is 12.1 Å². The Balaban J connectivity index is 4.29. The van der Waals surface area contributed by atoms with Crippen LogP contribution in [0.5, 0.6) is 0 Å². The van der Waals surface area contributed by atoms with Crippen molar-refractivity contribution in [2.24, 2.45) is 5.73 Å². The van der Waals surface area contributed by atoms with Gasteiger partial charge in [-0.3, -0.25) is 0 Å². The fraction of sp³-hybridized carbons (Fsp3) is 0.923. The summed E-state index contributed by atoms with van der Waals surface area (Å²) in [6, 6.07) is -0.0239. The van der Waals surface area contributed by atoms with Crippen molar-refractivity contribution >= 4 is 6.09 Å². The van der Waals surface area contributed by atoms with Gasteiger partial charge >= 0.3 is 6.09 Å². The standard InChI is InChI=1S/C13H28N2O2/c1-6-7-8-9-15(10-11(2)14)12(16)17-13(3,4)5/h11H,6-10,14H2,1-5H3/t11-/m1/s1. The predicted molar refractivity (Wildman–Crippen MR) is 71.0 cm³/mol. The molecule has 4 heteroatoms. The lowest BCUT2D eigenvalue weighted by Gasteiger charge is -2.28. The minimum atomic E-state index is -0.447. The number of carbonyl (C=O) groups excluding carboxylic acids is 1. The molecule has 102 valence electrons. The Labute approximate surface area is 105 Å². The summed E-state index contributed by atoms with van der Waals surface area (Å²) >= 11 is 0. The second kappa shape index (κ2) is 7.54. The molecular formula is C13H28N2O2. The maximum Gasteiger partial charge on any atom is 0.410 e. The smallest absolute Gasteiger partial charge is 0.410 e. The quantitative estimate of drug-likeness (QED) is 0.731. The van der Waals surface area contributed by atoms with Crippen LogP contribution in [0.1, 0.15) is 53.9 Å². The molecule has 0 radical (unpaired) electrons. The normalized spacial score (nSPS) is 13.3. The zero-order valence-corrected chi connectivity index (χ0v) is 12.0.